The maximum atomic E-state index is 12.8. The number of carbonyl (C=O) groups excluding carboxylic acids is 2. The van der Waals surface area contributed by atoms with Crippen molar-refractivity contribution in [1.29, 1.82) is 0 Å². The Bertz CT molecular complexity index is 1550. The van der Waals surface area contributed by atoms with Gasteiger partial charge in [0.15, 0.2) is 11.4 Å². The Labute approximate surface area is 218 Å². The third-order valence-electron chi connectivity index (χ3n) is 7.83. The molecule has 1 aromatic carbocycles. The molecule has 0 spiro atoms. The minimum Gasteiger partial charge on any atom is -0.506 e. The molecule has 2 saturated heterocycles. The van der Waals surface area contributed by atoms with Crippen LogP contribution in [0, 0.1) is 0 Å². The number of benzene rings is 1. The molecule has 2 fully saturated rings. The molecule has 6 rings (SSSR count). The van der Waals surface area contributed by atoms with Gasteiger partial charge in [0.1, 0.15) is 23.9 Å². The molecule has 38 heavy (non-hydrogen) atoms. The smallest absolute Gasteiger partial charge is 0.248 e. The van der Waals surface area contributed by atoms with Crippen LogP contribution in [-0.2, 0) is 4.79 Å². The van der Waals surface area contributed by atoms with Crippen LogP contribution < -0.4 is 5.73 Å². The van der Waals surface area contributed by atoms with E-state index in [1.54, 1.807) is 23.4 Å². The van der Waals surface area contributed by atoms with Crippen LogP contribution in [0.4, 0.5) is 5.82 Å². The number of amides is 1. The van der Waals surface area contributed by atoms with Gasteiger partial charge in [-0.25, -0.2) is 4.98 Å². The number of hydrogen-bond acceptors (Lipinski definition) is 8. The molecule has 0 radical (unpaired) electrons. The predicted octanol–water partition coefficient (Wildman–Crippen LogP) is 3.18. The van der Waals surface area contributed by atoms with Gasteiger partial charge < -0.3 is 20.8 Å². The first-order valence-corrected chi connectivity index (χ1v) is 12.7. The van der Waals surface area contributed by atoms with Crippen LogP contribution in [0.3, 0.4) is 0 Å². The maximum absolute atomic E-state index is 12.8. The second-order valence-corrected chi connectivity index (χ2v) is 10.1. The van der Waals surface area contributed by atoms with Crippen molar-refractivity contribution in [2.45, 2.75) is 50.6 Å². The number of aliphatic hydroxyl groups is 1. The Morgan fingerprint density at radius 2 is 1.79 bits per heavy atom. The number of aromatic nitrogens is 4. The topological polar surface area (TPSA) is 147 Å². The highest BCUT2D eigenvalue weighted by Gasteiger charge is 2.44. The zero-order chi connectivity index (χ0) is 26.6. The largest absolute Gasteiger partial charge is 0.506 e. The summed E-state index contributed by atoms with van der Waals surface area (Å²) in [6.45, 7) is 0.965. The van der Waals surface area contributed by atoms with E-state index in [0.29, 0.717) is 46.6 Å². The lowest BCUT2D eigenvalue weighted by Gasteiger charge is -2.39. The molecule has 10 heteroatoms. The van der Waals surface area contributed by atoms with E-state index < -0.39 is 6.61 Å². The summed E-state index contributed by atoms with van der Waals surface area (Å²) in [6, 6.07) is 11.0. The van der Waals surface area contributed by atoms with Crippen molar-refractivity contribution in [2.24, 2.45) is 0 Å². The number of rotatable bonds is 5. The summed E-state index contributed by atoms with van der Waals surface area (Å²) in [6.07, 6.45) is 6.27. The van der Waals surface area contributed by atoms with Crippen LogP contribution >= 0.6 is 0 Å². The highest BCUT2D eigenvalue weighted by atomic mass is 16.3. The summed E-state index contributed by atoms with van der Waals surface area (Å²) in [5.74, 6) is -0.287. The second-order valence-electron chi connectivity index (χ2n) is 10.1. The van der Waals surface area contributed by atoms with E-state index in [1.807, 2.05) is 30.3 Å². The molecule has 1 amide bonds. The molecule has 5 heterocycles. The Morgan fingerprint density at radius 1 is 1.08 bits per heavy atom. The number of aliphatic hydroxyl groups excluding tert-OH is 1. The quantitative estimate of drug-likeness (QED) is 0.346. The average molecular weight is 513 g/mol. The number of anilines is 1. The molecule has 2 aliphatic heterocycles. The SMILES string of the molecule is CC(=O)c1c(C2CC3CCC(C2)N3C(=O)CO)nc2c(-c3cnc(-c4ccccc4)c(O)c3)cnn2c1N. The summed E-state index contributed by atoms with van der Waals surface area (Å²) in [5.41, 5.74) is 10.4. The lowest BCUT2D eigenvalue weighted by Crippen LogP contribution is -2.47. The minimum atomic E-state index is -0.503. The molecule has 10 nitrogen and oxygen atoms in total. The van der Waals surface area contributed by atoms with E-state index >= 15 is 0 Å². The lowest BCUT2D eigenvalue weighted by molar-refractivity contribution is -0.138. The minimum absolute atomic E-state index is 0.00600. The number of nitrogen functional groups attached to an aromatic ring is 1. The third-order valence-corrected chi connectivity index (χ3v) is 7.83. The van der Waals surface area contributed by atoms with Gasteiger partial charge in [0.05, 0.1) is 17.5 Å². The van der Waals surface area contributed by atoms with Gasteiger partial charge in [-0.3, -0.25) is 14.6 Å². The predicted molar refractivity (Wildman–Crippen MR) is 140 cm³/mol. The molecular formula is C28H28N6O4. The highest BCUT2D eigenvalue weighted by molar-refractivity contribution is 6.00. The number of piperidine rings is 1. The van der Waals surface area contributed by atoms with Crippen molar-refractivity contribution in [2.75, 3.05) is 12.3 Å². The first-order chi connectivity index (χ1) is 18.4. The molecule has 4 aromatic rings. The fourth-order valence-corrected chi connectivity index (χ4v) is 6.20. The van der Waals surface area contributed by atoms with Crippen LogP contribution in [0.25, 0.3) is 28.0 Å². The number of pyridine rings is 1. The summed E-state index contributed by atoms with van der Waals surface area (Å²) in [5, 5.41) is 24.6. The Balaban J connectivity index is 1.43. The van der Waals surface area contributed by atoms with Crippen molar-refractivity contribution in [3.63, 3.8) is 0 Å². The summed E-state index contributed by atoms with van der Waals surface area (Å²) in [7, 11) is 0. The zero-order valence-electron chi connectivity index (χ0n) is 20.9. The Morgan fingerprint density at radius 3 is 2.42 bits per heavy atom. The maximum Gasteiger partial charge on any atom is 0.248 e. The van der Waals surface area contributed by atoms with Gasteiger partial charge in [-0.1, -0.05) is 30.3 Å². The van der Waals surface area contributed by atoms with E-state index in [0.717, 1.165) is 18.4 Å². The van der Waals surface area contributed by atoms with Crippen LogP contribution in [0.5, 0.6) is 5.75 Å². The van der Waals surface area contributed by atoms with Crippen molar-refractivity contribution < 1.29 is 19.8 Å². The average Bonchev–Trinajstić information content (AvgIpc) is 3.46. The number of aromatic hydroxyl groups is 1. The van der Waals surface area contributed by atoms with Gasteiger partial charge in [-0.2, -0.15) is 9.61 Å². The van der Waals surface area contributed by atoms with Crippen LogP contribution in [0.15, 0.2) is 48.8 Å². The van der Waals surface area contributed by atoms with Gasteiger partial charge >= 0.3 is 0 Å². The van der Waals surface area contributed by atoms with Crippen LogP contribution in [-0.4, -0.2) is 65.1 Å². The van der Waals surface area contributed by atoms with Crippen LogP contribution in [0.2, 0.25) is 0 Å². The number of Topliss-reactive ketones (excluding diaryl/α,β-unsaturated/α-hetero) is 1. The fraction of sp³-hybridized carbons (Fsp3) is 0.321. The molecule has 0 saturated carbocycles. The van der Waals surface area contributed by atoms with Crippen LogP contribution in [0.1, 0.15) is 54.6 Å². The number of carbonyl (C=O) groups is 2. The van der Waals surface area contributed by atoms with E-state index in [1.165, 1.54) is 11.4 Å². The van der Waals surface area contributed by atoms with E-state index in [-0.39, 0.29) is 41.3 Å². The molecule has 0 aliphatic carbocycles. The summed E-state index contributed by atoms with van der Waals surface area (Å²) in [4.78, 5) is 36.3. The zero-order valence-corrected chi connectivity index (χ0v) is 20.9. The van der Waals surface area contributed by atoms with Crippen molar-refractivity contribution in [3.05, 3.63) is 60.0 Å². The third kappa shape index (κ3) is 3.79. The van der Waals surface area contributed by atoms with Gasteiger partial charge in [-0.15, -0.1) is 0 Å². The first kappa shape index (κ1) is 24.1. The van der Waals surface area contributed by atoms with Crippen molar-refractivity contribution in [1.82, 2.24) is 24.5 Å². The number of nitrogens with two attached hydrogens (primary N) is 1. The van der Waals surface area contributed by atoms with Crippen molar-refractivity contribution >= 4 is 23.2 Å². The number of nitrogens with zero attached hydrogens (tertiary/aromatic N) is 5. The highest BCUT2D eigenvalue weighted by Crippen LogP contribution is 2.44. The summed E-state index contributed by atoms with van der Waals surface area (Å²) >= 11 is 0. The normalized spacial score (nSPS) is 20.7. The molecule has 4 N–H and O–H groups in total. The molecule has 2 bridgehead atoms. The molecular weight excluding hydrogens is 484 g/mol. The fourth-order valence-electron chi connectivity index (χ4n) is 6.20. The van der Waals surface area contributed by atoms with Gasteiger partial charge in [0, 0.05) is 40.9 Å². The molecule has 3 aromatic heterocycles. The van der Waals surface area contributed by atoms with Gasteiger partial charge in [0.25, 0.3) is 0 Å². The summed E-state index contributed by atoms with van der Waals surface area (Å²) < 4.78 is 1.46. The van der Waals surface area contributed by atoms with Crippen molar-refractivity contribution in [3.8, 4) is 28.1 Å². The van der Waals surface area contributed by atoms with E-state index in [2.05, 4.69) is 10.1 Å². The van der Waals surface area contributed by atoms with Gasteiger partial charge in [0.2, 0.25) is 5.91 Å². The van der Waals surface area contributed by atoms with Gasteiger partial charge in [-0.05, 0) is 38.7 Å². The lowest BCUT2D eigenvalue weighted by atomic mass is 9.85. The number of hydrogen-bond donors (Lipinski definition) is 3. The van der Waals surface area contributed by atoms with E-state index in [4.69, 9.17) is 10.7 Å². The first-order valence-electron chi connectivity index (χ1n) is 12.7. The van der Waals surface area contributed by atoms with E-state index in [9.17, 15) is 19.8 Å². The Hall–Kier alpha value is -4.31. The standard InChI is InChI=1S/C28H28N6O4/c1-15(36)24-26(17-9-19-7-8-20(10-17)33(19)23(38)14-35)32-28-21(13-31-34(28)27(24)29)18-11-22(37)25(30-12-18)16-5-3-2-4-6-16/h2-6,11-13,17,19-20,35,37H,7-10,14,29H2,1H3. The molecule has 2 unspecified atom stereocenters. The monoisotopic (exact) mass is 512 g/mol. The Kier molecular flexibility index (Phi) is 5.83. The molecule has 194 valence electrons. The second kappa shape index (κ2) is 9.21. The number of fused-ring (bicyclic) bond motifs is 3. The molecule has 2 aliphatic rings. The number of ketones is 1. The molecule has 2 atom stereocenters.